The van der Waals surface area contributed by atoms with Gasteiger partial charge >= 0.3 is 6.18 Å². The Kier molecular flexibility index (Phi) is 5.08. The van der Waals surface area contributed by atoms with Crippen LogP contribution < -0.4 is 4.90 Å². The lowest BCUT2D eigenvalue weighted by atomic mass is 10.0. The molecule has 1 aromatic carbocycles. The zero-order valence-electron chi connectivity index (χ0n) is 16.8. The maximum atomic E-state index is 13.2. The average Bonchev–Trinajstić information content (AvgIpc) is 3.34. The Morgan fingerprint density at radius 3 is 2.61 bits per heavy atom. The van der Waals surface area contributed by atoms with Crippen LogP contribution in [0.2, 0.25) is 0 Å². The summed E-state index contributed by atoms with van der Waals surface area (Å²) in [5.41, 5.74) is 0.642. The predicted octanol–water partition coefficient (Wildman–Crippen LogP) is 4.09. The lowest BCUT2D eigenvalue weighted by Gasteiger charge is -2.36. The van der Waals surface area contributed by atoms with Crippen molar-refractivity contribution < 1.29 is 18.0 Å². The molecule has 1 aliphatic carbocycles. The zero-order chi connectivity index (χ0) is 21.6. The van der Waals surface area contributed by atoms with Gasteiger partial charge in [-0.3, -0.25) is 4.79 Å². The summed E-state index contributed by atoms with van der Waals surface area (Å²) in [4.78, 5) is 28.0. The number of piperazine rings is 1. The molecule has 0 saturated carbocycles. The smallest absolute Gasteiger partial charge is 0.352 e. The molecule has 0 atom stereocenters. The molecule has 0 unspecified atom stereocenters. The molecular formula is C22H21F3N4OS. The fourth-order valence-corrected chi connectivity index (χ4v) is 5.77. The van der Waals surface area contributed by atoms with Crippen molar-refractivity contribution in [3.8, 4) is 0 Å². The number of carbonyl (C=O) groups is 1. The number of aromatic nitrogens is 2. The second-order valence-electron chi connectivity index (χ2n) is 7.93. The van der Waals surface area contributed by atoms with Gasteiger partial charge in [-0.25, -0.2) is 9.97 Å². The molecule has 1 fully saturated rings. The van der Waals surface area contributed by atoms with Crippen LogP contribution in [0.3, 0.4) is 0 Å². The zero-order valence-corrected chi connectivity index (χ0v) is 17.6. The number of halogens is 3. The van der Waals surface area contributed by atoms with Crippen LogP contribution in [0.1, 0.15) is 28.0 Å². The SMILES string of the molecule is O=C(Cc1ccccc1C(F)(F)F)N1CCN(c2ncnc3sc4c(c23)CCC4)CC1. The van der Waals surface area contributed by atoms with Gasteiger partial charge in [-0.1, -0.05) is 18.2 Å². The largest absolute Gasteiger partial charge is 0.416 e. The fraction of sp³-hybridized carbons (Fsp3) is 0.409. The minimum atomic E-state index is -4.46. The van der Waals surface area contributed by atoms with Gasteiger partial charge in [-0.2, -0.15) is 13.2 Å². The Balaban J connectivity index is 1.30. The highest BCUT2D eigenvalue weighted by atomic mass is 32.1. The molecule has 9 heteroatoms. The van der Waals surface area contributed by atoms with Crippen LogP contribution in [-0.2, 0) is 30.2 Å². The first-order valence-electron chi connectivity index (χ1n) is 10.3. The van der Waals surface area contributed by atoms with Crippen LogP contribution in [0.15, 0.2) is 30.6 Å². The van der Waals surface area contributed by atoms with Crippen molar-refractivity contribution >= 4 is 33.3 Å². The number of rotatable bonds is 3. The topological polar surface area (TPSA) is 49.3 Å². The summed E-state index contributed by atoms with van der Waals surface area (Å²) in [7, 11) is 0. The summed E-state index contributed by atoms with van der Waals surface area (Å²) in [6.07, 6.45) is 0.187. The first-order valence-corrected chi connectivity index (χ1v) is 11.2. The molecule has 0 bridgehead atoms. The van der Waals surface area contributed by atoms with Gasteiger partial charge in [0.25, 0.3) is 0 Å². The van der Waals surface area contributed by atoms with E-state index in [2.05, 4.69) is 14.9 Å². The van der Waals surface area contributed by atoms with Crippen LogP contribution in [-0.4, -0.2) is 47.0 Å². The molecule has 5 nitrogen and oxygen atoms in total. The summed E-state index contributed by atoms with van der Waals surface area (Å²) in [5, 5.41) is 1.14. The first kappa shape index (κ1) is 20.2. The molecule has 31 heavy (non-hydrogen) atoms. The van der Waals surface area contributed by atoms with Crippen LogP contribution in [0.4, 0.5) is 19.0 Å². The molecule has 0 radical (unpaired) electrons. The van der Waals surface area contributed by atoms with E-state index in [9.17, 15) is 18.0 Å². The van der Waals surface area contributed by atoms with Crippen molar-refractivity contribution in [2.24, 2.45) is 0 Å². The van der Waals surface area contributed by atoms with Crippen molar-refractivity contribution in [3.05, 3.63) is 52.2 Å². The van der Waals surface area contributed by atoms with Crippen molar-refractivity contribution in [2.75, 3.05) is 31.1 Å². The number of fused-ring (bicyclic) bond motifs is 3. The first-order chi connectivity index (χ1) is 14.9. The number of carbonyl (C=O) groups excluding carboxylic acids is 1. The molecule has 2 aromatic heterocycles. The third-order valence-electron chi connectivity index (χ3n) is 6.08. The van der Waals surface area contributed by atoms with E-state index in [1.807, 2.05) is 0 Å². The van der Waals surface area contributed by atoms with Gasteiger partial charge in [0.2, 0.25) is 5.91 Å². The maximum Gasteiger partial charge on any atom is 0.416 e. The average molecular weight is 446 g/mol. The van der Waals surface area contributed by atoms with E-state index in [0.29, 0.717) is 26.2 Å². The molecule has 3 heterocycles. The molecule has 1 aliphatic heterocycles. The molecule has 162 valence electrons. The summed E-state index contributed by atoms with van der Waals surface area (Å²) in [5.74, 6) is 0.638. The highest BCUT2D eigenvalue weighted by Gasteiger charge is 2.34. The van der Waals surface area contributed by atoms with Gasteiger partial charge in [0.05, 0.1) is 17.4 Å². The number of thiophene rings is 1. The lowest BCUT2D eigenvalue weighted by molar-refractivity contribution is -0.138. The number of benzene rings is 1. The quantitative estimate of drug-likeness (QED) is 0.608. The van der Waals surface area contributed by atoms with Crippen molar-refractivity contribution in [1.29, 1.82) is 0 Å². The van der Waals surface area contributed by atoms with E-state index < -0.39 is 11.7 Å². The van der Waals surface area contributed by atoms with Crippen molar-refractivity contribution in [1.82, 2.24) is 14.9 Å². The van der Waals surface area contributed by atoms with E-state index in [1.54, 1.807) is 22.6 Å². The monoisotopic (exact) mass is 446 g/mol. The number of anilines is 1. The third-order valence-corrected chi connectivity index (χ3v) is 7.28. The number of nitrogens with zero attached hydrogens (tertiary/aromatic N) is 4. The molecule has 0 N–H and O–H groups in total. The number of alkyl halides is 3. The summed E-state index contributed by atoms with van der Waals surface area (Å²) in [6.45, 7) is 2.13. The Morgan fingerprint density at radius 2 is 1.84 bits per heavy atom. The summed E-state index contributed by atoms with van der Waals surface area (Å²) < 4.78 is 39.7. The highest BCUT2D eigenvalue weighted by molar-refractivity contribution is 7.19. The van der Waals surface area contributed by atoms with Crippen LogP contribution >= 0.6 is 11.3 Å². The van der Waals surface area contributed by atoms with E-state index in [4.69, 9.17) is 0 Å². The van der Waals surface area contributed by atoms with Gasteiger partial charge in [0.1, 0.15) is 17.0 Å². The number of hydrogen-bond donors (Lipinski definition) is 0. The van der Waals surface area contributed by atoms with Crippen molar-refractivity contribution in [3.63, 3.8) is 0 Å². The predicted molar refractivity (Wildman–Crippen MR) is 113 cm³/mol. The van der Waals surface area contributed by atoms with Gasteiger partial charge in [0.15, 0.2) is 0 Å². The third kappa shape index (κ3) is 3.75. The molecule has 0 spiro atoms. The van der Waals surface area contributed by atoms with Gasteiger partial charge in [-0.05, 0) is 36.5 Å². The van der Waals surface area contributed by atoms with Crippen LogP contribution in [0, 0.1) is 0 Å². The Bertz CT molecular complexity index is 1140. The second-order valence-corrected chi connectivity index (χ2v) is 9.02. The maximum absolute atomic E-state index is 13.2. The van der Waals surface area contributed by atoms with Gasteiger partial charge < -0.3 is 9.80 Å². The molecule has 1 saturated heterocycles. The van der Waals surface area contributed by atoms with Crippen molar-refractivity contribution in [2.45, 2.75) is 31.9 Å². The normalized spacial score (nSPS) is 16.7. The van der Waals surface area contributed by atoms with E-state index in [0.717, 1.165) is 41.4 Å². The van der Waals surface area contributed by atoms with Crippen LogP contribution in [0.5, 0.6) is 0 Å². The fourth-order valence-electron chi connectivity index (χ4n) is 4.55. The number of amides is 1. The Hall–Kier alpha value is -2.68. The molecule has 1 amide bonds. The molecule has 2 aliphatic rings. The Morgan fingerprint density at radius 1 is 1.06 bits per heavy atom. The van der Waals surface area contributed by atoms with E-state index >= 15 is 0 Å². The van der Waals surface area contributed by atoms with Gasteiger partial charge in [0, 0.05) is 31.1 Å². The lowest BCUT2D eigenvalue weighted by Crippen LogP contribution is -2.49. The minimum absolute atomic E-state index is 0.0220. The molecule has 3 aromatic rings. The number of hydrogen-bond acceptors (Lipinski definition) is 5. The highest BCUT2D eigenvalue weighted by Crippen LogP contribution is 2.40. The van der Waals surface area contributed by atoms with E-state index in [-0.39, 0.29) is 17.9 Å². The summed E-state index contributed by atoms with van der Waals surface area (Å²) >= 11 is 1.74. The standard InChI is InChI=1S/C22H21F3N4OS/c23-22(24,25)16-6-2-1-4-14(16)12-18(30)28-8-10-29(11-9-28)20-19-15-5-3-7-17(15)31-21(19)27-13-26-20/h1-2,4,6,13H,3,5,7-12H2. The minimum Gasteiger partial charge on any atom is -0.352 e. The number of aryl methyl sites for hydroxylation is 2. The van der Waals surface area contributed by atoms with Crippen LogP contribution in [0.25, 0.3) is 10.2 Å². The summed E-state index contributed by atoms with van der Waals surface area (Å²) in [6, 6.07) is 5.29. The second kappa shape index (κ2) is 7.78. The Labute approximate surface area is 181 Å². The molecular weight excluding hydrogens is 425 g/mol. The van der Waals surface area contributed by atoms with Gasteiger partial charge in [-0.15, -0.1) is 11.3 Å². The van der Waals surface area contributed by atoms with E-state index in [1.165, 1.54) is 28.6 Å². The molecule has 5 rings (SSSR count).